The van der Waals surface area contributed by atoms with Crippen molar-refractivity contribution in [3.63, 3.8) is 0 Å². The first-order valence-electron chi connectivity index (χ1n) is 5.76. The summed E-state index contributed by atoms with van der Waals surface area (Å²) in [6, 6.07) is 16.2. The smallest absolute Gasteiger partial charge is 0.376 e. The van der Waals surface area contributed by atoms with Gasteiger partial charge in [0.1, 0.15) is 6.54 Å². The third-order valence-electron chi connectivity index (χ3n) is 2.44. The van der Waals surface area contributed by atoms with Crippen LogP contribution in [0, 0.1) is 0 Å². The molecular formula is C14H13F3N2. The summed E-state index contributed by atoms with van der Waals surface area (Å²) in [7, 11) is 0. The molecule has 0 saturated carbocycles. The van der Waals surface area contributed by atoms with E-state index in [4.69, 9.17) is 0 Å². The van der Waals surface area contributed by atoms with E-state index < -0.39 is 12.7 Å². The molecule has 2 rings (SSSR count). The molecule has 100 valence electrons. The lowest BCUT2D eigenvalue weighted by molar-refractivity contribution is -0.115. The van der Waals surface area contributed by atoms with E-state index >= 15 is 0 Å². The summed E-state index contributed by atoms with van der Waals surface area (Å²) >= 11 is 0. The van der Waals surface area contributed by atoms with E-state index in [1.807, 2.05) is 30.3 Å². The molecule has 0 atom stereocenters. The van der Waals surface area contributed by atoms with E-state index in [1.54, 1.807) is 24.3 Å². The van der Waals surface area contributed by atoms with Crippen molar-refractivity contribution >= 4 is 17.1 Å². The van der Waals surface area contributed by atoms with Gasteiger partial charge in [0.15, 0.2) is 0 Å². The van der Waals surface area contributed by atoms with Gasteiger partial charge in [0.25, 0.3) is 0 Å². The minimum Gasteiger partial charge on any atom is -0.376 e. The second-order valence-electron chi connectivity index (χ2n) is 4.04. The molecule has 0 saturated heterocycles. The fourth-order valence-corrected chi connectivity index (χ4v) is 1.56. The summed E-state index contributed by atoms with van der Waals surface area (Å²) < 4.78 is 36.1. The molecule has 2 N–H and O–H groups in total. The molecule has 19 heavy (non-hydrogen) atoms. The highest BCUT2D eigenvalue weighted by Gasteiger charge is 2.26. The number of benzene rings is 2. The Bertz CT molecular complexity index is 506. The van der Waals surface area contributed by atoms with Crippen molar-refractivity contribution in [2.75, 3.05) is 17.2 Å². The maximum absolute atomic E-state index is 12.0. The molecule has 0 aliphatic carbocycles. The van der Waals surface area contributed by atoms with Crippen LogP contribution in [0.1, 0.15) is 0 Å². The molecular weight excluding hydrogens is 253 g/mol. The fourth-order valence-electron chi connectivity index (χ4n) is 1.56. The molecule has 0 aliphatic heterocycles. The Morgan fingerprint density at radius 3 is 1.84 bits per heavy atom. The monoisotopic (exact) mass is 266 g/mol. The van der Waals surface area contributed by atoms with Crippen LogP contribution in [-0.4, -0.2) is 12.7 Å². The van der Waals surface area contributed by atoms with Crippen LogP contribution in [0.2, 0.25) is 0 Å². The number of halogens is 3. The Balaban J connectivity index is 1.95. The zero-order chi connectivity index (χ0) is 13.7. The van der Waals surface area contributed by atoms with Crippen LogP contribution < -0.4 is 10.6 Å². The van der Waals surface area contributed by atoms with E-state index in [1.165, 1.54) is 0 Å². The van der Waals surface area contributed by atoms with Crippen molar-refractivity contribution < 1.29 is 13.2 Å². The SMILES string of the molecule is FC(F)(F)CNc1ccc(Nc2ccccc2)cc1. The molecule has 0 amide bonds. The van der Waals surface area contributed by atoms with E-state index in [9.17, 15) is 13.2 Å². The molecule has 2 nitrogen and oxygen atoms in total. The van der Waals surface area contributed by atoms with Crippen molar-refractivity contribution in [3.05, 3.63) is 54.6 Å². The first-order chi connectivity index (χ1) is 9.03. The molecule has 0 fully saturated rings. The van der Waals surface area contributed by atoms with E-state index in [2.05, 4.69) is 10.6 Å². The highest BCUT2D eigenvalue weighted by Crippen LogP contribution is 2.20. The minimum absolute atomic E-state index is 0.441. The second kappa shape index (κ2) is 5.65. The topological polar surface area (TPSA) is 24.1 Å². The third-order valence-corrected chi connectivity index (χ3v) is 2.44. The number of anilines is 3. The quantitative estimate of drug-likeness (QED) is 0.856. The van der Waals surface area contributed by atoms with Gasteiger partial charge in [0.05, 0.1) is 0 Å². The van der Waals surface area contributed by atoms with E-state index in [-0.39, 0.29) is 0 Å². The summed E-state index contributed by atoms with van der Waals surface area (Å²) in [4.78, 5) is 0. The Hall–Kier alpha value is -2.17. The van der Waals surface area contributed by atoms with Gasteiger partial charge in [-0.15, -0.1) is 0 Å². The Morgan fingerprint density at radius 2 is 1.26 bits per heavy atom. The molecule has 0 bridgehead atoms. The lowest BCUT2D eigenvalue weighted by atomic mass is 10.2. The molecule has 0 radical (unpaired) electrons. The third kappa shape index (κ3) is 4.54. The van der Waals surface area contributed by atoms with Crippen molar-refractivity contribution in [1.82, 2.24) is 0 Å². The maximum Gasteiger partial charge on any atom is 0.405 e. The average Bonchev–Trinajstić information content (AvgIpc) is 2.38. The predicted octanol–water partition coefficient (Wildman–Crippen LogP) is 4.40. The van der Waals surface area contributed by atoms with Gasteiger partial charge in [-0.3, -0.25) is 0 Å². The fraction of sp³-hybridized carbons (Fsp3) is 0.143. The van der Waals surface area contributed by atoms with Crippen molar-refractivity contribution in [2.45, 2.75) is 6.18 Å². The zero-order valence-corrected chi connectivity index (χ0v) is 10.0. The summed E-state index contributed by atoms with van der Waals surface area (Å²) in [6.45, 7) is -1.03. The number of hydrogen-bond donors (Lipinski definition) is 2. The van der Waals surface area contributed by atoms with Crippen LogP contribution in [0.5, 0.6) is 0 Å². The standard InChI is InChI=1S/C14H13F3N2/c15-14(16,17)10-18-11-6-8-13(9-7-11)19-12-4-2-1-3-5-12/h1-9,18-19H,10H2. The molecule has 0 aromatic heterocycles. The summed E-state index contributed by atoms with van der Waals surface area (Å²) in [6.07, 6.45) is -4.21. The van der Waals surface area contributed by atoms with Gasteiger partial charge in [0, 0.05) is 17.1 Å². The van der Waals surface area contributed by atoms with Crippen LogP contribution in [0.15, 0.2) is 54.6 Å². The van der Waals surface area contributed by atoms with Crippen LogP contribution in [-0.2, 0) is 0 Å². The van der Waals surface area contributed by atoms with Gasteiger partial charge in [-0.2, -0.15) is 13.2 Å². The first kappa shape index (κ1) is 13.3. The molecule has 5 heteroatoms. The van der Waals surface area contributed by atoms with Gasteiger partial charge in [-0.05, 0) is 36.4 Å². The Labute approximate surface area is 109 Å². The lowest BCUT2D eigenvalue weighted by Gasteiger charge is -2.11. The molecule has 0 aliphatic rings. The summed E-state index contributed by atoms with van der Waals surface area (Å²) in [5.41, 5.74) is 2.19. The number of para-hydroxylation sites is 1. The number of alkyl halides is 3. The second-order valence-corrected chi connectivity index (χ2v) is 4.04. The van der Waals surface area contributed by atoms with Gasteiger partial charge >= 0.3 is 6.18 Å². The van der Waals surface area contributed by atoms with E-state index in [0.717, 1.165) is 11.4 Å². The number of hydrogen-bond acceptors (Lipinski definition) is 2. The van der Waals surface area contributed by atoms with Crippen LogP contribution >= 0.6 is 0 Å². The van der Waals surface area contributed by atoms with Crippen LogP contribution in [0.4, 0.5) is 30.2 Å². The largest absolute Gasteiger partial charge is 0.405 e. The predicted molar refractivity (Wildman–Crippen MR) is 70.7 cm³/mol. The average molecular weight is 266 g/mol. The number of rotatable bonds is 4. The van der Waals surface area contributed by atoms with Gasteiger partial charge < -0.3 is 10.6 Å². The lowest BCUT2D eigenvalue weighted by Crippen LogP contribution is -2.21. The molecule has 0 heterocycles. The highest BCUT2D eigenvalue weighted by atomic mass is 19.4. The number of nitrogens with one attached hydrogen (secondary N) is 2. The molecule has 2 aromatic carbocycles. The Kier molecular flexibility index (Phi) is 3.94. The van der Waals surface area contributed by atoms with Crippen molar-refractivity contribution in [1.29, 1.82) is 0 Å². The Morgan fingerprint density at radius 1 is 0.737 bits per heavy atom. The molecule has 0 unspecified atom stereocenters. The molecule has 2 aromatic rings. The zero-order valence-electron chi connectivity index (χ0n) is 10.0. The highest BCUT2D eigenvalue weighted by molar-refractivity contribution is 5.62. The normalized spacial score (nSPS) is 11.1. The first-order valence-corrected chi connectivity index (χ1v) is 5.76. The van der Waals surface area contributed by atoms with Gasteiger partial charge in [0.2, 0.25) is 0 Å². The van der Waals surface area contributed by atoms with E-state index in [0.29, 0.717) is 5.69 Å². The summed E-state index contributed by atoms with van der Waals surface area (Å²) in [5, 5.41) is 5.48. The van der Waals surface area contributed by atoms with Crippen molar-refractivity contribution in [3.8, 4) is 0 Å². The molecule has 0 spiro atoms. The van der Waals surface area contributed by atoms with Gasteiger partial charge in [-0.1, -0.05) is 18.2 Å². The van der Waals surface area contributed by atoms with Gasteiger partial charge in [-0.25, -0.2) is 0 Å². The van der Waals surface area contributed by atoms with Crippen LogP contribution in [0.25, 0.3) is 0 Å². The van der Waals surface area contributed by atoms with Crippen LogP contribution in [0.3, 0.4) is 0 Å². The minimum atomic E-state index is -4.21. The summed E-state index contributed by atoms with van der Waals surface area (Å²) in [5.74, 6) is 0. The maximum atomic E-state index is 12.0. The van der Waals surface area contributed by atoms with Crippen molar-refractivity contribution in [2.24, 2.45) is 0 Å².